The summed E-state index contributed by atoms with van der Waals surface area (Å²) in [7, 11) is 0. The minimum absolute atomic E-state index is 0.0480. The second-order valence-corrected chi connectivity index (χ2v) is 6.44. The van der Waals surface area contributed by atoms with E-state index in [1.54, 1.807) is 0 Å². The van der Waals surface area contributed by atoms with E-state index in [-0.39, 0.29) is 12.3 Å². The highest BCUT2D eigenvalue weighted by Crippen LogP contribution is 2.23. The predicted molar refractivity (Wildman–Crippen MR) is 82.3 cm³/mol. The highest BCUT2D eigenvalue weighted by Gasteiger charge is 2.20. The molecule has 0 spiro atoms. The molecule has 3 N–H and O–H groups in total. The lowest BCUT2D eigenvalue weighted by Crippen LogP contribution is -2.31. The van der Waals surface area contributed by atoms with Gasteiger partial charge in [0.2, 0.25) is 5.91 Å². The maximum Gasteiger partial charge on any atom is 0.305 e. The second kappa shape index (κ2) is 8.14. The van der Waals surface area contributed by atoms with Gasteiger partial charge in [-0.1, -0.05) is 6.07 Å². The summed E-state index contributed by atoms with van der Waals surface area (Å²) < 4.78 is 0. The van der Waals surface area contributed by atoms with Crippen LogP contribution >= 0.6 is 11.3 Å². The van der Waals surface area contributed by atoms with Gasteiger partial charge in [-0.15, -0.1) is 11.3 Å². The van der Waals surface area contributed by atoms with Crippen LogP contribution in [0.2, 0.25) is 0 Å². The number of hydrogen-bond donors (Lipinski definition) is 3. The lowest BCUT2D eigenvalue weighted by molar-refractivity contribution is -0.137. The van der Waals surface area contributed by atoms with Crippen molar-refractivity contribution in [2.75, 3.05) is 13.1 Å². The Labute approximate surface area is 128 Å². The van der Waals surface area contributed by atoms with E-state index in [2.05, 4.69) is 10.6 Å². The summed E-state index contributed by atoms with van der Waals surface area (Å²) in [5.41, 5.74) is 0. The predicted octanol–water partition coefficient (Wildman–Crippen LogP) is 2.16. The second-order valence-electron chi connectivity index (χ2n) is 5.47. The van der Waals surface area contributed by atoms with Gasteiger partial charge in [-0.05, 0) is 49.7 Å². The number of nitrogens with one attached hydrogen (secondary N) is 2. The van der Waals surface area contributed by atoms with E-state index in [0.717, 1.165) is 37.2 Å². The maximum atomic E-state index is 12.1. The van der Waals surface area contributed by atoms with Gasteiger partial charge in [0.05, 0.1) is 12.5 Å². The molecule has 1 aromatic heterocycles. The number of hydrogen-bond acceptors (Lipinski definition) is 4. The molecule has 21 heavy (non-hydrogen) atoms. The van der Waals surface area contributed by atoms with Crippen molar-refractivity contribution in [3.63, 3.8) is 0 Å². The van der Waals surface area contributed by atoms with E-state index in [1.165, 1.54) is 11.3 Å². The summed E-state index contributed by atoms with van der Waals surface area (Å²) in [5.74, 6) is -0.336. The third-order valence-corrected chi connectivity index (χ3v) is 4.82. The van der Waals surface area contributed by atoms with E-state index in [0.29, 0.717) is 12.3 Å². The van der Waals surface area contributed by atoms with E-state index in [1.807, 2.05) is 17.5 Å². The number of aliphatic carboxylic acids is 1. The van der Waals surface area contributed by atoms with Gasteiger partial charge in [0.15, 0.2) is 0 Å². The van der Waals surface area contributed by atoms with E-state index < -0.39 is 12.0 Å². The maximum absolute atomic E-state index is 12.1. The Bertz CT molecular complexity index is 455. The summed E-state index contributed by atoms with van der Waals surface area (Å²) in [6, 6.07) is 3.32. The van der Waals surface area contributed by atoms with Crippen molar-refractivity contribution in [2.24, 2.45) is 5.92 Å². The summed E-state index contributed by atoms with van der Waals surface area (Å²) in [5, 5.41) is 17.0. The molecule has 1 fully saturated rings. The molecular weight excluding hydrogens is 288 g/mol. The topological polar surface area (TPSA) is 78.4 Å². The van der Waals surface area contributed by atoms with Crippen molar-refractivity contribution >= 4 is 23.2 Å². The number of rotatable bonds is 7. The summed E-state index contributed by atoms with van der Waals surface area (Å²) in [6.07, 6.45) is 3.54. The van der Waals surface area contributed by atoms with Gasteiger partial charge in [-0.3, -0.25) is 9.59 Å². The highest BCUT2D eigenvalue weighted by atomic mass is 32.1. The molecule has 0 aliphatic carbocycles. The zero-order chi connectivity index (χ0) is 15.1. The van der Waals surface area contributed by atoms with Crippen molar-refractivity contribution in [2.45, 2.75) is 38.1 Å². The largest absolute Gasteiger partial charge is 0.481 e. The van der Waals surface area contributed by atoms with Crippen molar-refractivity contribution < 1.29 is 14.7 Å². The number of carbonyl (C=O) groups excluding carboxylic acids is 1. The number of thiophene rings is 1. The Morgan fingerprint density at radius 3 is 2.81 bits per heavy atom. The van der Waals surface area contributed by atoms with E-state index in [9.17, 15) is 9.59 Å². The number of piperidine rings is 1. The molecular formula is C15H22N2O3S. The molecule has 1 saturated heterocycles. The first-order valence-electron chi connectivity index (χ1n) is 7.40. The minimum atomic E-state index is -0.896. The molecule has 5 nitrogen and oxygen atoms in total. The van der Waals surface area contributed by atoms with Crippen LogP contribution in [-0.4, -0.2) is 30.1 Å². The van der Waals surface area contributed by atoms with Gasteiger partial charge in [-0.2, -0.15) is 0 Å². The molecule has 116 valence electrons. The molecule has 1 atom stereocenters. The fourth-order valence-electron chi connectivity index (χ4n) is 2.66. The Hall–Kier alpha value is -1.40. The van der Waals surface area contributed by atoms with Gasteiger partial charge >= 0.3 is 5.97 Å². The SMILES string of the molecule is O=C(O)CC(NC(=O)CCC1CCNCC1)c1cccs1. The molecule has 1 unspecified atom stereocenters. The van der Waals surface area contributed by atoms with Gasteiger partial charge in [-0.25, -0.2) is 0 Å². The lowest BCUT2D eigenvalue weighted by atomic mass is 9.93. The van der Waals surface area contributed by atoms with E-state index >= 15 is 0 Å². The quantitative estimate of drug-likeness (QED) is 0.721. The number of carboxylic acids is 1. The van der Waals surface area contributed by atoms with Crippen LogP contribution in [0.25, 0.3) is 0 Å². The Morgan fingerprint density at radius 2 is 2.19 bits per heavy atom. The minimum Gasteiger partial charge on any atom is -0.481 e. The first-order valence-corrected chi connectivity index (χ1v) is 8.28. The first-order chi connectivity index (χ1) is 10.1. The van der Waals surface area contributed by atoms with E-state index in [4.69, 9.17) is 5.11 Å². The van der Waals surface area contributed by atoms with Crippen LogP contribution in [0, 0.1) is 5.92 Å². The van der Waals surface area contributed by atoms with Gasteiger partial charge in [0, 0.05) is 11.3 Å². The average molecular weight is 310 g/mol. The van der Waals surface area contributed by atoms with Gasteiger partial charge in [0.1, 0.15) is 0 Å². The smallest absolute Gasteiger partial charge is 0.305 e. The Balaban J connectivity index is 1.81. The van der Waals surface area contributed by atoms with Crippen molar-refractivity contribution in [3.8, 4) is 0 Å². The monoisotopic (exact) mass is 310 g/mol. The van der Waals surface area contributed by atoms with Crippen LogP contribution in [0.3, 0.4) is 0 Å². The molecule has 2 rings (SSSR count). The zero-order valence-corrected chi connectivity index (χ0v) is 12.8. The number of carbonyl (C=O) groups is 2. The molecule has 1 aliphatic rings. The van der Waals surface area contributed by atoms with Crippen LogP contribution < -0.4 is 10.6 Å². The molecule has 0 saturated carbocycles. The highest BCUT2D eigenvalue weighted by molar-refractivity contribution is 7.10. The van der Waals surface area contributed by atoms with Crippen LogP contribution in [0.4, 0.5) is 0 Å². The normalized spacial score (nSPS) is 17.3. The number of amides is 1. The fraction of sp³-hybridized carbons (Fsp3) is 0.600. The zero-order valence-electron chi connectivity index (χ0n) is 12.0. The van der Waals surface area contributed by atoms with Crippen LogP contribution in [0.15, 0.2) is 17.5 Å². The van der Waals surface area contributed by atoms with Crippen molar-refractivity contribution in [3.05, 3.63) is 22.4 Å². The summed E-state index contributed by atoms with van der Waals surface area (Å²) >= 11 is 1.47. The third-order valence-electron chi connectivity index (χ3n) is 3.84. The number of carboxylic acid groups (broad SMARTS) is 1. The fourth-order valence-corrected chi connectivity index (χ4v) is 3.44. The molecule has 2 heterocycles. The van der Waals surface area contributed by atoms with Crippen molar-refractivity contribution in [1.29, 1.82) is 0 Å². The standard InChI is InChI=1S/C15H22N2O3S/c18-14(4-3-11-5-7-16-8-6-11)17-12(10-15(19)20)13-2-1-9-21-13/h1-2,9,11-12,16H,3-8,10H2,(H,17,18)(H,19,20). The van der Waals surface area contributed by atoms with Crippen LogP contribution in [0.1, 0.15) is 43.0 Å². The molecule has 0 radical (unpaired) electrons. The lowest BCUT2D eigenvalue weighted by Gasteiger charge is -2.22. The molecule has 1 aliphatic heterocycles. The van der Waals surface area contributed by atoms with Gasteiger partial charge in [0.25, 0.3) is 0 Å². The molecule has 6 heteroatoms. The summed E-state index contributed by atoms with van der Waals surface area (Å²) in [4.78, 5) is 23.9. The van der Waals surface area contributed by atoms with Gasteiger partial charge < -0.3 is 15.7 Å². The third kappa shape index (κ3) is 5.47. The molecule has 0 aromatic carbocycles. The van der Waals surface area contributed by atoms with Crippen molar-refractivity contribution in [1.82, 2.24) is 10.6 Å². The molecule has 1 aromatic rings. The average Bonchev–Trinajstić information content (AvgIpc) is 2.99. The Kier molecular flexibility index (Phi) is 6.20. The summed E-state index contributed by atoms with van der Waals surface area (Å²) in [6.45, 7) is 2.06. The van der Waals surface area contributed by atoms with Crippen LogP contribution in [0.5, 0.6) is 0 Å². The first kappa shape index (κ1) is 16.0. The Morgan fingerprint density at radius 1 is 1.43 bits per heavy atom. The van der Waals surface area contributed by atoms with Crippen LogP contribution in [-0.2, 0) is 9.59 Å². The molecule has 1 amide bonds. The molecule has 0 bridgehead atoms.